The van der Waals surface area contributed by atoms with Crippen LogP contribution in [0.5, 0.6) is 6.01 Å². The molecule has 1 amide bonds. The third-order valence-electron chi connectivity index (χ3n) is 2.90. The highest BCUT2D eigenvalue weighted by Crippen LogP contribution is 2.17. The maximum absolute atomic E-state index is 11.8. The number of piperidine rings is 1. The molecule has 2 rings (SSSR count). The summed E-state index contributed by atoms with van der Waals surface area (Å²) in [7, 11) is 0. The van der Waals surface area contributed by atoms with E-state index < -0.39 is 5.38 Å². The van der Waals surface area contributed by atoms with E-state index in [0.29, 0.717) is 12.6 Å². The van der Waals surface area contributed by atoms with Crippen LogP contribution in [0.1, 0.15) is 19.8 Å². The van der Waals surface area contributed by atoms with Gasteiger partial charge >= 0.3 is 6.01 Å². The number of halogens is 2. The van der Waals surface area contributed by atoms with Crippen LogP contribution in [0.25, 0.3) is 0 Å². The largest absolute Gasteiger partial charge is 0.458 e. The van der Waals surface area contributed by atoms with Crippen LogP contribution in [0.4, 0.5) is 0 Å². The number of nitrogens with zero attached hydrogens (tertiary/aromatic N) is 3. The van der Waals surface area contributed by atoms with Gasteiger partial charge in [-0.05, 0) is 35.7 Å². The summed E-state index contributed by atoms with van der Waals surface area (Å²) in [6, 6.07) is 0.335. The Balaban J connectivity index is 1.94. The third kappa shape index (κ3) is 4.04. The molecule has 1 aliphatic rings. The number of aromatic nitrogens is 2. The first-order valence-corrected chi connectivity index (χ1v) is 7.36. The standard InChI is InChI=1S/C12H15BrClN3O2/c1-8(14)11(18)17-4-2-3-10(7-17)19-12-15-5-9(13)6-16-12/h5-6,8,10H,2-4,7H2,1H3. The molecule has 0 bridgehead atoms. The minimum Gasteiger partial charge on any atom is -0.458 e. The van der Waals surface area contributed by atoms with E-state index in [1.807, 2.05) is 0 Å². The Morgan fingerprint density at radius 1 is 1.58 bits per heavy atom. The van der Waals surface area contributed by atoms with Crippen LogP contribution in [0.2, 0.25) is 0 Å². The summed E-state index contributed by atoms with van der Waals surface area (Å²) in [6.07, 6.45) is 4.98. The Morgan fingerprint density at radius 3 is 2.89 bits per heavy atom. The zero-order valence-electron chi connectivity index (χ0n) is 10.6. The molecule has 7 heteroatoms. The van der Waals surface area contributed by atoms with E-state index in [4.69, 9.17) is 16.3 Å². The fraction of sp³-hybridized carbons (Fsp3) is 0.583. The van der Waals surface area contributed by atoms with E-state index in [2.05, 4.69) is 25.9 Å². The molecule has 2 unspecified atom stereocenters. The second kappa shape index (κ2) is 6.52. The topological polar surface area (TPSA) is 55.3 Å². The van der Waals surface area contributed by atoms with Gasteiger partial charge in [-0.15, -0.1) is 11.6 Å². The van der Waals surface area contributed by atoms with Crippen molar-refractivity contribution in [2.24, 2.45) is 0 Å². The number of likely N-dealkylation sites (tertiary alicyclic amines) is 1. The summed E-state index contributed by atoms with van der Waals surface area (Å²) < 4.78 is 6.49. The van der Waals surface area contributed by atoms with E-state index in [9.17, 15) is 4.79 Å². The lowest BCUT2D eigenvalue weighted by atomic mass is 10.1. The third-order valence-corrected chi connectivity index (χ3v) is 3.50. The summed E-state index contributed by atoms with van der Waals surface area (Å²) in [5.74, 6) is -0.0494. The van der Waals surface area contributed by atoms with Gasteiger partial charge in [0.15, 0.2) is 0 Å². The number of rotatable bonds is 3. The quantitative estimate of drug-likeness (QED) is 0.786. The van der Waals surface area contributed by atoms with E-state index in [1.54, 1.807) is 24.2 Å². The lowest BCUT2D eigenvalue weighted by Gasteiger charge is -2.32. The number of carbonyl (C=O) groups is 1. The Morgan fingerprint density at radius 2 is 2.26 bits per heavy atom. The van der Waals surface area contributed by atoms with Crippen LogP contribution in [-0.4, -0.2) is 45.3 Å². The highest BCUT2D eigenvalue weighted by molar-refractivity contribution is 9.10. The molecule has 1 saturated heterocycles. The molecule has 1 aromatic rings. The zero-order valence-corrected chi connectivity index (χ0v) is 12.9. The van der Waals surface area contributed by atoms with Crippen LogP contribution in [0.15, 0.2) is 16.9 Å². The predicted octanol–water partition coefficient (Wildman–Crippen LogP) is 2.24. The fourth-order valence-corrected chi connectivity index (χ4v) is 2.34. The summed E-state index contributed by atoms with van der Waals surface area (Å²) in [4.78, 5) is 21.7. The van der Waals surface area contributed by atoms with E-state index in [1.165, 1.54) is 0 Å². The molecular weight excluding hydrogens is 334 g/mol. The van der Waals surface area contributed by atoms with Crippen LogP contribution >= 0.6 is 27.5 Å². The monoisotopic (exact) mass is 347 g/mol. The van der Waals surface area contributed by atoms with Crippen molar-refractivity contribution in [1.29, 1.82) is 0 Å². The van der Waals surface area contributed by atoms with E-state index in [-0.39, 0.29) is 12.0 Å². The Hall–Kier alpha value is -0.880. The highest BCUT2D eigenvalue weighted by Gasteiger charge is 2.27. The molecule has 0 aliphatic carbocycles. The van der Waals surface area contributed by atoms with Crippen LogP contribution in [0.3, 0.4) is 0 Å². The molecule has 0 N–H and O–H groups in total. The Bertz CT molecular complexity index is 441. The maximum atomic E-state index is 11.8. The van der Waals surface area contributed by atoms with Gasteiger partial charge in [0.05, 0.1) is 11.0 Å². The van der Waals surface area contributed by atoms with Crippen molar-refractivity contribution in [3.63, 3.8) is 0 Å². The minimum absolute atomic E-state index is 0.0494. The average Bonchev–Trinajstić information content (AvgIpc) is 2.41. The smallest absolute Gasteiger partial charge is 0.316 e. The van der Waals surface area contributed by atoms with Crippen molar-refractivity contribution < 1.29 is 9.53 Å². The summed E-state index contributed by atoms with van der Waals surface area (Å²) in [5, 5.41) is -0.498. The van der Waals surface area contributed by atoms with Crippen molar-refractivity contribution in [1.82, 2.24) is 14.9 Å². The number of alkyl halides is 1. The SMILES string of the molecule is CC(Cl)C(=O)N1CCCC(Oc2ncc(Br)cn2)C1. The molecule has 0 saturated carbocycles. The fourth-order valence-electron chi connectivity index (χ4n) is 2.00. The summed E-state index contributed by atoms with van der Waals surface area (Å²) >= 11 is 9.09. The van der Waals surface area contributed by atoms with Gasteiger partial charge in [-0.25, -0.2) is 9.97 Å². The van der Waals surface area contributed by atoms with Gasteiger partial charge in [0.25, 0.3) is 0 Å². The minimum atomic E-state index is -0.498. The van der Waals surface area contributed by atoms with Crippen molar-refractivity contribution in [2.45, 2.75) is 31.2 Å². The molecule has 0 aromatic carbocycles. The highest BCUT2D eigenvalue weighted by atomic mass is 79.9. The second-order valence-electron chi connectivity index (χ2n) is 4.47. The van der Waals surface area contributed by atoms with Gasteiger partial charge in [0, 0.05) is 18.9 Å². The predicted molar refractivity (Wildman–Crippen MR) is 75.3 cm³/mol. The lowest BCUT2D eigenvalue weighted by Crippen LogP contribution is -2.46. The average molecular weight is 349 g/mol. The first-order valence-electron chi connectivity index (χ1n) is 6.13. The number of hydrogen-bond acceptors (Lipinski definition) is 4. The van der Waals surface area contributed by atoms with Crippen molar-refractivity contribution in [2.75, 3.05) is 13.1 Å². The van der Waals surface area contributed by atoms with Crippen LogP contribution in [-0.2, 0) is 4.79 Å². The van der Waals surface area contributed by atoms with Gasteiger partial charge in [-0.2, -0.15) is 0 Å². The van der Waals surface area contributed by atoms with Gasteiger partial charge in [0.1, 0.15) is 11.5 Å². The number of amides is 1. The number of ether oxygens (including phenoxy) is 1. The number of carbonyl (C=O) groups excluding carboxylic acids is 1. The van der Waals surface area contributed by atoms with Crippen LogP contribution < -0.4 is 4.74 Å². The molecule has 0 spiro atoms. The van der Waals surface area contributed by atoms with Crippen LogP contribution in [0, 0.1) is 0 Å². The molecule has 0 radical (unpaired) electrons. The molecule has 104 valence electrons. The van der Waals surface area contributed by atoms with E-state index >= 15 is 0 Å². The molecule has 2 heterocycles. The summed E-state index contributed by atoms with van der Waals surface area (Å²) in [5.41, 5.74) is 0. The normalized spacial score (nSPS) is 21.0. The maximum Gasteiger partial charge on any atom is 0.316 e. The Kier molecular flexibility index (Phi) is 4.99. The molecule has 1 aromatic heterocycles. The van der Waals surface area contributed by atoms with Gasteiger partial charge in [0.2, 0.25) is 5.91 Å². The van der Waals surface area contributed by atoms with E-state index in [0.717, 1.165) is 23.9 Å². The molecule has 1 aliphatic heterocycles. The lowest BCUT2D eigenvalue weighted by molar-refractivity contribution is -0.133. The second-order valence-corrected chi connectivity index (χ2v) is 6.04. The van der Waals surface area contributed by atoms with Crippen molar-refractivity contribution in [3.8, 4) is 6.01 Å². The summed E-state index contributed by atoms with van der Waals surface area (Å²) in [6.45, 7) is 2.96. The molecular formula is C12H15BrClN3O2. The van der Waals surface area contributed by atoms with Gasteiger partial charge in [-0.3, -0.25) is 4.79 Å². The molecule has 1 fully saturated rings. The zero-order chi connectivity index (χ0) is 13.8. The molecule has 2 atom stereocenters. The van der Waals surface area contributed by atoms with Gasteiger partial charge < -0.3 is 9.64 Å². The van der Waals surface area contributed by atoms with Crippen molar-refractivity contribution >= 4 is 33.4 Å². The Labute approximate surface area is 125 Å². The first-order chi connectivity index (χ1) is 9.06. The van der Waals surface area contributed by atoms with Crippen molar-refractivity contribution in [3.05, 3.63) is 16.9 Å². The molecule has 19 heavy (non-hydrogen) atoms. The first kappa shape index (κ1) is 14.5. The van der Waals surface area contributed by atoms with Gasteiger partial charge in [-0.1, -0.05) is 0 Å². The molecule has 5 nitrogen and oxygen atoms in total. The number of hydrogen-bond donors (Lipinski definition) is 0.